The number of rotatable bonds is 4. The Morgan fingerprint density at radius 3 is 2.80 bits per heavy atom. The van der Waals surface area contributed by atoms with E-state index in [0.717, 1.165) is 16.9 Å². The first-order valence-electron chi connectivity index (χ1n) is 4.69. The molecule has 0 aromatic heterocycles. The molecule has 0 bridgehead atoms. The van der Waals surface area contributed by atoms with Gasteiger partial charge < -0.3 is 10.6 Å². The Morgan fingerprint density at radius 2 is 2.27 bits per heavy atom. The summed E-state index contributed by atoms with van der Waals surface area (Å²) in [7, 11) is 1.83. The van der Waals surface area contributed by atoms with E-state index in [1.54, 1.807) is 0 Å². The van der Waals surface area contributed by atoms with Gasteiger partial charge in [0.1, 0.15) is 0 Å². The minimum atomic E-state index is -0.0353. The number of benzene rings is 1. The number of hydrogen-bond acceptors (Lipinski definition) is 3. The van der Waals surface area contributed by atoms with Crippen LogP contribution in [0.2, 0.25) is 0 Å². The highest BCUT2D eigenvalue weighted by Crippen LogP contribution is 2.24. The predicted molar refractivity (Wildman–Crippen MR) is 62.7 cm³/mol. The maximum atomic E-state index is 10.7. The van der Waals surface area contributed by atoms with Crippen LogP contribution in [0.25, 0.3) is 0 Å². The normalized spacial score (nSPS) is 9.47. The van der Waals surface area contributed by atoms with Crippen LogP contribution >= 0.6 is 0 Å². The van der Waals surface area contributed by atoms with Gasteiger partial charge in [-0.15, -0.1) is 0 Å². The van der Waals surface area contributed by atoms with Crippen molar-refractivity contribution >= 4 is 24.0 Å². The zero-order valence-corrected chi connectivity index (χ0v) is 9.00. The van der Waals surface area contributed by atoms with Gasteiger partial charge in [0.15, 0.2) is 0 Å². The summed E-state index contributed by atoms with van der Waals surface area (Å²) < 4.78 is 0. The smallest absolute Gasteiger partial charge is 0.217 e. The van der Waals surface area contributed by atoms with Gasteiger partial charge in [-0.1, -0.05) is 6.07 Å². The van der Waals surface area contributed by atoms with Crippen molar-refractivity contribution in [1.82, 2.24) is 5.32 Å². The first-order chi connectivity index (χ1) is 7.17. The largest absolute Gasteiger partial charge is 0.386 e. The van der Waals surface area contributed by atoms with Crippen molar-refractivity contribution < 1.29 is 4.79 Å². The summed E-state index contributed by atoms with van der Waals surface area (Å²) in [4.78, 5) is 14.6. The number of nitrogens with zero attached hydrogens (tertiary/aromatic N) is 1. The molecule has 0 atom stereocenters. The topological polar surface area (TPSA) is 53.5 Å². The molecule has 4 nitrogen and oxygen atoms in total. The molecule has 1 amide bonds. The van der Waals surface area contributed by atoms with Gasteiger partial charge in [-0.2, -0.15) is 0 Å². The predicted octanol–water partition coefficient (Wildman–Crippen LogP) is 1.70. The molecule has 80 valence electrons. The molecule has 0 aliphatic heterocycles. The molecule has 0 radical (unpaired) electrons. The molecule has 2 N–H and O–H groups in total. The third kappa shape index (κ3) is 3.09. The highest BCUT2D eigenvalue weighted by atomic mass is 16.1. The van der Waals surface area contributed by atoms with Gasteiger partial charge >= 0.3 is 0 Å². The fraction of sp³-hybridized carbons (Fsp3) is 0.273. The van der Waals surface area contributed by atoms with Crippen LogP contribution in [0, 0.1) is 0 Å². The average molecular weight is 205 g/mol. The lowest BCUT2D eigenvalue weighted by Crippen LogP contribution is -2.18. The maximum absolute atomic E-state index is 10.7. The van der Waals surface area contributed by atoms with Crippen LogP contribution in [-0.4, -0.2) is 19.7 Å². The zero-order chi connectivity index (χ0) is 11.3. The third-order valence-electron chi connectivity index (χ3n) is 2.04. The first-order valence-corrected chi connectivity index (χ1v) is 4.69. The maximum Gasteiger partial charge on any atom is 0.217 e. The Labute approximate surface area is 89.4 Å². The summed E-state index contributed by atoms with van der Waals surface area (Å²) in [6.45, 7) is 5.51. The van der Waals surface area contributed by atoms with E-state index in [9.17, 15) is 4.79 Å². The van der Waals surface area contributed by atoms with Crippen molar-refractivity contribution in [3.63, 3.8) is 0 Å². The second kappa shape index (κ2) is 5.14. The number of amides is 1. The molecule has 0 unspecified atom stereocenters. The lowest BCUT2D eigenvalue weighted by atomic mass is 10.1. The molecule has 1 aromatic rings. The quantitative estimate of drug-likeness (QED) is 0.735. The van der Waals surface area contributed by atoms with Crippen molar-refractivity contribution in [2.24, 2.45) is 4.99 Å². The van der Waals surface area contributed by atoms with Crippen LogP contribution in [0.5, 0.6) is 0 Å². The van der Waals surface area contributed by atoms with Gasteiger partial charge in [0.05, 0.1) is 11.4 Å². The molecule has 0 saturated carbocycles. The molecular weight excluding hydrogens is 190 g/mol. The molecule has 0 fully saturated rings. The second-order valence-corrected chi connectivity index (χ2v) is 3.17. The average Bonchev–Trinajstić information content (AvgIpc) is 2.25. The molecule has 0 saturated heterocycles. The minimum absolute atomic E-state index is 0.0353. The highest BCUT2D eigenvalue weighted by Gasteiger charge is 2.01. The molecule has 0 aliphatic carbocycles. The fourth-order valence-corrected chi connectivity index (χ4v) is 1.26. The van der Waals surface area contributed by atoms with Crippen LogP contribution < -0.4 is 10.6 Å². The van der Waals surface area contributed by atoms with Gasteiger partial charge in [0, 0.05) is 20.5 Å². The molecule has 1 aromatic carbocycles. The summed E-state index contributed by atoms with van der Waals surface area (Å²) in [5.74, 6) is -0.0353. The minimum Gasteiger partial charge on any atom is -0.386 e. The summed E-state index contributed by atoms with van der Waals surface area (Å²) >= 11 is 0. The summed E-state index contributed by atoms with van der Waals surface area (Å²) in [5, 5.41) is 5.77. The SMILES string of the molecule is C=Nc1ccc(CNC(C)=O)cc1NC. The van der Waals surface area contributed by atoms with Crippen molar-refractivity contribution in [3.8, 4) is 0 Å². The number of aliphatic imine (C=N–C) groups is 1. The van der Waals surface area contributed by atoms with Gasteiger partial charge in [0.25, 0.3) is 0 Å². The molecule has 0 heterocycles. The van der Waals surface area contributed by atoms with E-state index in [4.69, 9.17) is 0 Å². The Bertz CT molecular complexity index is 374. The molecule has 0 spiro atoms. The van der Waals surface area contributed by atoms with E-state index in [1.165, 1.54) is 6.92 Å². The lowest BCUT2D eigenvalue weighted by molar-refractivity contribution is -0.119. The summed E-state index contributed by atoms with van der Waals surface area (Å²) in [6, 6.07) is 5.73. The van der Waals surface area contributed by atoms with Crippen LogP contribution in [-0.2, 0) is 11.3 Å². The van der Waals surface area contributed by atoms with Gasteiger partial charge in [-0.3, -0.25) is 9.79 Å². The van der Waals surface area contributed by atoms with Crippen molar-refractivity contribution in [3.05, 3.63) is 23.8 Å². The van der Waals surface area contributed by atoms with Gasteiger partial charge in [0.2, 0.25) is 5.91 Å². The third-order valence-corrected chi connectivity index (χ3v) is 2.04. The molecule has 4 heteroatoms. The Balaban J connectivity index is 2.83. The standard InChI is InChI=1S/C11H15N3O/c1-8(15)14-7-9-4-5-10(12-2)11(6-9)13-3/h4-6,13H,2,7H2,1,3H3,(H,14,15). The summed E-state index contributed by atoms with van der Waals surface area (Å²) in [6.07, 6.45) is 0. The molecule has 1 rings (SSSR count). The number of nitrogens with one attached hydrogen (secondary N) is 2. The van der Waals surface area contributed by atoms with E-state index < -0.39 is 0 Å². The monoisotopic (exact) mass is 205 g/mol. The van der Waals surface area contributed by atoms with Crippen LogP contribution in [0.15, 0.2) is 23.2 Å². The van der Waals surface area contributed by atoms with Gasteiger partial charge in [-0.05, 0) is 24.4 Å². The van der Waals surface area contributed by atoms with E-state index >= 15 is 0 Å². The second-order valence-electron chi connectivity index (χ2n) is 3.17. The van der Waals surface area contributed by atoms with E-state index in [1.807, 2.05) is 25.2 Å². The van der Waals surface area contributed by atoms with Crippen LogP contribution in [0.3, 0.4) is 0 Å². The van der Waals surface area contributed by atoms with Crippen LogP contribution in [0.4, 0.5) is 11.4 Å². The Morgan fingerprint density at radius 1 is 1.53 bits per heavy atom. The molecular formula is C11H15N3O. The fourth-order valence-electron chi connectivity index (χ4n) is 1.26. The van der Waals surface area contributed by atoms with Crippen LogP contribution in [0.1, 0.15) is 12.5 Å². The van der Waals surface area contributed by atoms with Crippen molar-refractivity contribution in [1.29, 1.82) is 0 Å². The molecule has 0 aliphatic rings. The number of carbonyl (C=O) groups is 1. The molecule has 15 heavy (non-hydrogen) atoms. The number of hydrogen-bond donors (Lipinski definition) is 2. The van der Waals surface area contributed by atoms with E-state index in [0.29, 0.717) is 6.54 Å². The van der Waals surface area contributed by atoms with E-state index in [2.05, 4.69) is 22.3 Å². The van der Waals surface area contributed by atoms with E-state index in [-0.39, 0.29) is 5.91 Å². The first kappa shape index (κ1) is 11.2. The Hall–Kier alpha value is -1.84. The summed E-state index contributed by atoms with van der Waals surface area (Å²) in [5.41, 5.74) is 2.75. The number of anilines is 1. The van der Waals surface area contributed by atoms with Crippen molar-refractivity contribution in [2.45, 2.75) is 13.5 Å². The number of carbonyl (C=O) groups excluding carboxylic acids is 1. The Kier molecular flexibility index (Phi) is 3.85. The highest BCUT2D eigenvalue weighted by molar-refractivity contribution is 5.73. The van der Waals surface area contributed by atoms with Crippen molar-refractivity contribution in [2.75, 3.05) is 12.4 Å². The zero-order valence-electron chi connectivity index (χ0n) is 9.00. The lowest BCUT2D eigenvalue weighted by Gasteiger charge is -2.08. The van der Waals surface area contributed by atoms with Gasteiger partial charge in [-0.25, -0.2) is 0 Å².